The van der Waals surface area contributed by atoms with E-state index in [-0.39, 0.29) is 23.8 Å². The topological polar surface area (TPSA) is 116 Å². The van der Waals surface area contributed by atoms with Crippen molar-refractivity contribution in [1.29, 1.82) is 0 Å². The van der Waals surface area contributed by atoms with Crippen LogP contribution in [0.4, 0.5) is 21.9 Å². The normalized spacial score (nSPS) is 20.9. The van der Waals surface area contributed by atoms with Crippen molar-refractivity contribution in [2.75, 3.05) is 29.4 Å². The summed E-state index contributed by atoms with van der Waals surface area (Å²) >= 11 is 0. The average Bonchev–Trinajstić information content (AvgIpc) is 2.88. The number of carbonyl (C=O) groups is 2. The summed E-state index contributed by atoms with van der Waals surface area (Å²) in [6.45, 7) is 1.57. The number of piperidine rings is 2. The van der Waals surface area contributed by atoms with Gasteiger partial charge in [-0.15, -0.1) is 0 Å². The summed E-state index contributed by atoms with van der Waals surface area (Å²) in [5.74, 6) is -0.282. The molecule has 184 valence electrons. The highest BCUT2D eigenvalue weighted by molar-refractivity contribution is 5.96. The summed E-state index contributed by atoms with van der Waals surface area (Å²) in [6, 6.07) is 12.1. The monoisotopic (exact) mass is 480 g/mol. The fourth-order valence-electron chi connectivity index (χ4n) is 5.22. The lowest BCUT2D eigenvalue weighted by Crippen LogP contribution is -2.55. The number of hydrogen-bond donors (Lipinski definition) is 1. The Morgan fingerprint density at radius 1 is 1.03 bits per heavy atom. The van der Waals surface area contributed by atoms with Crippen molar-refractivity contribution in [2.24, 2.45) is 0 Å². The molecule has 3 aliphatic rings. The first kappa shape index (κ1) is 23.1. The van der Waals surface area contributed by atoms with Crippen LogP contribution in [0.25, 0.3) is 0 Å². The predicted molar refractivity (Wildman–Crippen MR) is 128 cm³/mol. The molecule has 0 bridgehead atoms. The lowest BCUT2D eigenvalue weighted by molar-refractivity contribution is -0.384. The number of amides is 2. The predicted octanol–water partition coefficient (Wildman–Crippen LogP) is 3.66. The van der Waals surface area contributed by atoms with Crippen molar-refractivity contribution in [1.82, 2.24) is 4.90 Å². The summed E-state index contributed by atoms with van der Waals surface area (Å²) in [5, 5.41) is 21.8. The Morgan fingerprint density at radius 3 is 2.57 bits per heavy atom. The number of nitrogens with zero attached hydrogens (tertiary/aromatic N) is 4. The van der Waals surface area contributed by atoms with Crippen LogP contribution in [0.3, 0.4) is 0 Å². The molecule has 2 aromatic carbocycles. The number of benzene rings is 2. The molecule has 0 aliphatic carbocycles. The number of rotatable bonds is 4. The maximum Gasteiger partial charge on any atom is 0.416 e. The van der Waals surface area contributed by atoms with Crippen molar-refractivity contribution in [2.45, 2.75) is 51.0 Å². The highest BCUT2D eigenvalue weighted by Gasteiger charge is 2.39. The molecule has 10 nitrogen and oxygen atoms in total. The summed E-state index contributed by atoms with van der Waals surface area (Å²) < 4.78 is 5.42. The van der Waals surface area contributed by atoms with Crippen LogP contribution in [0.5, 0.6) is 0 Å². The zero-order valence-corrected chi connectivity index (χ0v) is 19.3. The van der Waals surface area contributed by atoms with E-state index >= 15 is 0 Å². The number of cyclic esters (lactones) is 1. The molecule has 3 heterocycles. The number of anilines is 2. The van der Waals surface area contributed by atoms with Crippen LogP contribution >= 0.6 is 0 Å². The van der Waals surface area contributed by atoms with Gasteiger partial charge in [-0.1, -0.05) is 18.2 Å². The molecule has 1 atom stereocenters. The molecular formula is C25H28N4O6. The van der Waals surface area contributed by atoms with Crippen molar-refractivity contribution in [3.63, 3.8) is 0 Å². The largest absolute Gasteiger partial charge is 0.444 e. The molecule has 0 radical (unpaired) electrons. The Kier molecular flexibility index (Phi) is 6.29. The highest BCUT2D eigenvalue weighted by atomic mass is 16.6. The maximum atomic E-state index is 13.0. The van der Waals surface area contributed by atoms with Gasteiger partial charge in [0, 0.05) is 36.8 Å². The lowest BCUT2D eigenvalue weighted by atomic mass is 10.0. The number of para-hydroxylation sites is 1. The Hall–Kier alpha value is -3.66. The first-order valence-electron chi connectivity index (χ1n) is 12.0. The fourth-order valence-corrected chi connectivity index (χ4v) is 5.22. The Bertz CT molecular complexity index is 1150. The molecule has 0 saturated carbocycles. The van der Waals surface area contributed by atoms with E-state index in [0.29, 0.717) is 44.6 Å². The zero-order valence-electron chi connectivity index (χ0n) is 19.3. The van der Waals surface area contributed by atoms with Gasteiger partial charge in [0.1, 0.15) is 18.5 Å². The van der Waals surface area contributed by atoms with Crippen molar-refractivity contribution in [3.05, 3.63) is 63.7 Å². The fraction of sp³-hybridized carbons (Fsp3) is 0.440. The molecule has 2 amide bonds. The number of carbonyl (C=O) groups excluding carboxylic acids is 2. The molecule has 1 N–H and O–H groups in total. The molecule has 3 aliphatic heterocycles. The van der Waals surface area contributed by atoms with Crippen molar-refractivity contribution < 1.29 is 24.4 Å². The molecule has 2 aromatic rings. The van der Waals surface area contributed by atoms with Crippen molar-refractivity contribution >= 4 is 29.1 Å². The van der Waals surface area contributed by atoms with E-state index in [9.17, 15) is 24.8 Å². The number of nitro groups is 1. The summed E-state index contributed by atoms with van der Waals surface area (Å²) in [4.78, 5) is 42.6. The molecule has 1 unspecified atom stereocenters. The van der Waals surface area contributed by atoms with E-state index in [2.05, 4.69) is 0 Å². The van der Waals surface area contributed by atoms with Gasteiger partial charge in [0.2, 0.25) is 0 Å². The van der Waals surface area contributed by atoms with Crippen molar-refractivity contribution in [3.8, 4) is 0 Å². The summed E-state index contributed by atoms with van der Waals surface area (Å²) in [5.41, 5.74) is 2.09. The third-order valence-corrected chi connectivity index (χ3v) is 7.05. The molecule has 5 rings (SSSR count). The molecule has 35 heavy (non-hydrogen) atoms. The third kappa shape index (κ3) is 4.41. The summed E-state index contributed by atoms with van der Waals surface area (Å²) in [6.07, 6.45) is 2.00. The smallest absolute Gasteiger partial charge is 0.416 e. The second kappa shape index (κ2) is 9.53. The minimum absolute atomic E-state index is 0.168. The van der Waals surface area contributed by atoms with Gasteiger partial charge in [0.05, 0.1) is 16.7 Å². The number of hydrogen-bond acceptors (Lipinski definition) is 7. The number of aliphatic hydroxyl groups excluding tert-OH is 1. The van der Waals surface area contributed by atoms with Gasteiger partial charge >= 0.3 is 6.09 Å². The SMILES string of the molecule is O=C(c1ccc(N2CCCCC2N2C(=O)OCc3ccccc32)c([N+](=O)[O-])c1)N1CCC(O)CC1. The van der Waals surface area contributed by atoms with Gasteiger partial charge in [0.15, 0.2) is 0 Å². The number of likely N-dealkylation sites (tertiary alicyclic amines) is 1. The van der Waals surface area contributed by atoms with E-state index in [4.69, 9.17) is 4.74 Å². The van der Waals surface area contributed by atoms with E-state index in [0.717, 1.165) is 24.1 Å². The second-order valence-electron chi connectivity index (χ2n) is 9.21. The number of fused-ring (bicyclic) bond motifs is 1. The highest BCUT2D eigenvalue weighted by Crippen LogP contribution is 2.38. The average molecular weight is 481 g/mol. The van der Waals surface area contributed by atoms with Crippen LogP contribution in [0.15, 0.2) is 42.5 Å². The van der Waals surface area contributed by atoms with Crippen LogP contribution in [0.1, 0.15) is 48.0 Å². The van der Waals surface area contributed by atoms with E-state index in [1.165, 1.54) is 6.07 Å². The molecule has 0 spiro atoms. The third-order valence-electron chi connectivity index (χ3n) is 7.05. The quantitative estimate of drug-likeness (QED) is 0.524. The molecular weight excluding hydrogens is 452 g/mol. The molecule has 2 saturated heterocycles. The Labute approximate surface area is 202 Å². The Balaban J connectivity index is 1.49. The van der Waals surface area contributed by atoms with Gasteiger partial charge in [-0.25, -0.2) is 4.79 Å². The minimum Gasteiger partial charge on any atom is -0.444 e. The van der Waals surface area contributed by atoms with Gasteiger partial charge in [-0.2, -0.15) is 0 Å². The lowest BCUT2D eigenvalue weighted by Gasteiger charge is -2.44. The molecule has 10 heteroatoms. The summed E-state index contributed by atoms with van der Waals surface area (Å²) in [7, 11) is 0. The number of ether oxygens (including phenoxy) is 1. The van der Waals surface area contributed by atoms with Crippen LogP contribution in [0.2, 0.25) is 0 Å². The van der Waals surface area contributed by atoms with Crippen LogP contribution in [0, 0.1) is 10.1 Å². The Morgan fingerprint density at radius 2 is 1.80 bits per heavy atom. The van der Waals surface area contributed by atoms with Gasteiger partial charge < -0.3 is 19.6 Å². The van der Waals surface area contributed by atoms with Gasteiger partial charge in [-0.05, 0) is 50.3 Å². The molecule has 0 aromatic heterocycles. The van der Waals surface area contributed by atoms with E-state index in [1.807, 2.05) is 29.2 Å². The first-order chi connectivity index (χ1) is 16.9. The van der Waals surface area contributed by atoms with Crippen LogP contribution in [-0.2, 0) is 11.3 Å². The molecule has 2 fully saturated rings. The van der Waals surface area contributed by atoms with Crippen LogP contribution < -0.4 is 9.80 Å². The van der Waals surface area contributed by atoms with Gasteiger partial charge in [-0.3, -0.25) is 19.8 Å². The minimum atomic E-state index is -0.472. The second-order valence-corrected chi connectivity index (χ2v) is 9.21. The first-order valence-corrected chi connectivity index (χ1v) is 12.0. The zero-order chi connectivity index (χ0) is 24.5. The van der Waals surface area contributed by atoms with E-state index < -0.39 is 23.3 Å². The number of aliphatic hydroxyl groups is 1. The van der Waals surface area contributed by atoms with E-state index in [1.54, 1.807) is 21.9 Å². The maximum absolute atomic E-state index is 13.0. The van der Waals surface area contributed by atoms with Crippen LogP contribution in [-0.4, -0.2) is 58.8 Å². The number of nitro benzene ring substituents is 1. The van der Waals surface area contributed by atoms with Gasteiger partial charge in [0.25, 0.3) is 11.6 Å². The standard InChI is InChI=1S/C25H28N4O6/c30-19-10-13-26(14-11-19)24(31)17-8-9-21(22(15-17)29(33)34)27-12-4-3-7-23(27)28-20-6-2-1-5-18(20)16-35-25(28)32/h1-2,5-6,8-9,15,19,23,30H,3-4,7,10-14,16H2.